The summed E-state index contributed by atoms with van der Waals surface area (Å²) in [6, 6.07) is -0.623. The van der Waals surface area contributed by atoms with E-state index < -0.39 is 18.1 Å². The summed E-state index contributed by atoms with van der Waals surface area (Å²) in [5.74, 6) is -1.53. The highest BCUT2D eigenvalue weighted by Gasteiger charge is 2.31. The zero-order chi connectivity index (χ0) is 41.4. The first kappa shape index (κ1) is 53.0. The molecule has 0 aliphatic rings. The Balaban J connectivity index is 4.32. The first-order chi connectivity index (χ1) is 27.1. The maximum absolute atomic E-state index is 12.7. The molecule has 0 bridgehead atoms. The number of likely N-dealkylation sites (N-methyl/N-ethyl adjacent to an activating group) is 1. The fraction of sp³-hybridized carbons (Fsp3) is 0.729. The molecule has 0 spiro atoms. The highest BCUT2D eigenvalue weighted by molar-refractivity contribution is 5.72. The highest BCUT2D eigenvalue weighted by Crippen LogP contribution is 2.14. The van der Waals surface area contributed by atoms with E-state index >= 15 is 0 Å². The minimum absolute atomic E-state index is 0.0426. The van der Waals surface area contributed by atoms with Gasteiger partial charge < -0.3 is 23.8 Å². The van der Waals surface area contributed by atoms with Crippen molar-refractivity contribution in [2.75, 3.05) is 41.0 Å². The van der Waals surface area contributed by atoms with E-state index in [1.165, 1.54) is 83.5 Å². The SMILES string of the molecule is CC/C=C/C/C=C/C/C=C/CCCCC(=O)OC(COCCC(C(=O)O)[N+](C)(C)C)COC(=O)CCCCCCCCCCCC/C=C/C=C/CCCCCC. The molecule has 0 saturated carbocycles. The topological polar surface area (TPSA) is 99.1 Å². The summed E-state index contributed by atoms with van der Waals surface area (Å²) in [4.78, 5) is 36.9. The third kappa shape index (κ3) is 36.7. The van der Waals surface area contributed by atoms with Gasteiger partial charge in [0.05, 0.1) is 34.4 Å². The van der Waals surface area contributed by atoms with E-state index in [1.54, 1.807) is 0 Å². The summed E-state index contributed by atoms with van der Waals surface area (Å²) < 4.78 is 17.2. The molecular formula is C48H84NO7+. The van der Waals surface area contributed by atoms with Crippen LogP contribution in [0.25, 0.3) is 0 Å². The van der Waals surface area contributed by atoms with Gasteiger partial charge in [-0.2, -0.15) is 0 Å². The summed E-state index contributed by atoms with van der Waals surface area (Å²) in [7, 11) is 5.50. The summed E-state index contributed by atoms with van der Waals surface area (Å²) in [6.07, 6.45) is 47.0. The molecule has 0 aromatic rings. The number of ether oxygens (including phenoxy) is 3. The van der Waals surface area contributed by atoms with Crippen LogP contribution >= 0.6 is 0 Å². The van der Waals surface area contributed by atoms with Crippen molar-refractivity contribution in [2.45, 2.75) is 187 Å². The number of esters is 2. The Morgan fingerprint density at radius 3 is 1.62 bits per heavy atom. The van der Waals surface area contributed by atoms with E-state index in [1.807, 2.05) is 21.1 Å². The van der Waals surface area contributed by atoms with Crippen molar-refractivity contribution in [1.82, 2.24) is 0 Å². The Labute approximate surface area is 343 Å². The molecule has 0 amide bonds. The predicted octanol–water partition coefficient (Wildman–Crippen LogP) is 12.2. The van der Waals surface area contributed by atoms with Crippen molar-refractivity contribution in [3.8, 4) is 0 Å². The van der Waals surface area contributed by atoms with Crippen LogP contribution in [-0.4, -0.2) is 80.6 Å². The van der Waals surface area contributed by atoms with Crippen molar-refractivity contribution in [1.29, 1.82) is 0 Å². The summed E-state index contributed by atoms with van der Waals surface area (Å²) in [5.41, 5.74) is 0. The van der Waals surface area contributed by atoms with Crippen LogP contribution in [0.15, 0.2) is 60.8 Å². The molecule has 322 valence electrons. The lowest BCUT2D eigenvalue weighted by molar-refractivity contribution is -0.887. The molecule has 0 fully saturated rings. The molecule has 0 aromatic heterocycles. The lowest BCUT2D eigenvalue weighted by Crippen LogP contribution is -2.50. The number of hydrogen-bond acceptors (Lipinski definition) is 6. The molecule has 0 aliphatic heterocycles. The normalized spacial score (nSPS) is 13.5. The van der Waals surface area contributed by atoms with Crippen LogP contribution in [0.3, 0.4) is 0 Å². The van der Waals surface area contributed by atoms with E-state index in [-0.39, 0.29) is 42.7 Å². The second-order valence-electron chi connectivity index (χ2n) is 15.9. The Bertz CT molecular complexity index is 1100. The van der Waals surface area contributed by atoms with Gasteiger partial charge in [0.25, 0.3) is 0 Å². The van der Waals surface area contributed by atoms with E-state index in [0.29, 0.717) is 19.3 Å². The Kier molecular flexibility index (Phi) is 36.8. The van der Waals surface area contributed by atoms with Crippen molar-refractivity contribution in [2.24, 2.45) is 0 Å². The third-order valence-corrected chi connectivity index (χ3v) is 9.68. The van der Waals surface area contributed by atoms with Crippen molar-refractivity contribution < 1.29 is 38.2 Å². The number of carboxylic acids is 1. The van der Waals surface area contributed by atoms with Crippen LogP contribution in [0.1, 0.15) is 174 Å². The van der Waals surface area contributed by atoms with Crippen molar-refractivity contribution >= 4 is 17.9 Å². The van der Waals surface area contributed by atoms with Gasteiger partial charge in [-0.1, -0.05) is 145 Å². The van der Waals surface area contributed by atoms with Crippen LogP contribution in [0.5, 0.6) is 0 Å². The molecule has 1 N–H and O–H groups in total. The number of nitrogens with zero attached hydrogens (tertiary/aromatic N) is 1. The molecule has 2 unspecified atom stereocenters. The highest BCUT2D eigenvalue weighted by atomic mass is 16.6. The average molecular weight is 787 g/mol. The van der Waals surface area contributed by atoms with Crippen molar-refractivity contribution in [3.05, 3.63) is 60.8 Å². The van der Waals surface area contributed by atoms with E-state index in [0.717, 1.165) is 51.4 Å². The number of hydrogen-bond donors (Lipinski definition) is 1. The third-order valence-electron chi connectivity index (χ3n) is 9.68. The minimum Gasteiger partial charge on any atom is -0.477 e. The van der Waals surface area contributed by atoms with Crippen LogP contribution < -0.4 is 0 Å². The molecule has 0 aliphatic carbocycles. The lowest BCUT2D eigenvalue weighted by Gasteiger charge is -2.31. The fourth-order valence-electron chi connectivity index (χ4n) is 6.21. The molecular weight excluding hydrogens is 703 g/mol. The van der Waals surface area contributed by atoms with E-state index in [2.05, 4.69) is 74.6 Å². The van der Waals surface area contributed by atoms with Gasteiger partial charge in [-0.25, -0.2) is 4.79 Å². The number of allylic oxidation sites excluding steroid dienone is 10. The largest absolute Gasteiger partial charge is 0.477 e. The Hall–Kier alpha value is -2.97. The van der Waals surface area contributed by atoms with Crippen molar-refractivity contribution in [3.63, 3.8) is 0 Å². The molecule has 2 atom stereocenters. The van der Waals surface area contributed by atoms with Gasteiger partial charge in [0, 0.05) is 19.3 Å². The Morgan fingerprint density at radius 2 is 1.05 bits per heavy atom. The van der Waals surface area contributed by atoms with Gasteiger partial charge in [0.1, 0.15) is 6.61 Å². The molecule has 8 heteroatoms. The number of carbonyl (C=O) groups excluding carboxylic acids is 2. The summed E-state index contributed by atoms with van der Waals surface area (Å²) in [5, 5.41) is 9.61. The zero-order valence-electron chi connectivity index (χ0n) is 36.6. The number of unbranched alkanes of at least 4 members (excludes halogenated alkanes) is 16. The number of rotatable bonds is 39. The number of aliphatic carboxylic acids is 1. The first-order valence-corrected chi connectivity index (χ1v) is 22.3. The second kappa shape index (κ2) is 38.9. The number of quaternary nitrogens is 1. The first-order valence-electron chi connectivity index (χ1n) is 22.3. The molecule has 8 nitrogen and oxygen atoms in total. The second-order valence-corrected chi connectivity index (χ2v) is 15.9. The van der Waals surface area contributed by atoms with Gasteiger partial charge in [0.15, 0.2) is 12.1 Å². The molecule has 0 radical (unpaired) electrons. The fourth-order valence-corrected chi connectivity index (χ4v) is 6.21. The van der Waals surface area contributed by atoms with E-state index in [4.69, 9.17) is 14.2 Å². The average Bonchev–Trinajstić information content (AvgIpc) is 3.15. The van der Waals surface area contributed by atoms with E-state index in [9.17, 15) is 19.5 Å². The Morgan fingerprint density at radius 1 is 0.571 bits per heavy atom. The smallest absolute Gasteiger partial charge is 0.362 e. The van der Waals surface area contributed by atoms with Gasteiger partial charge in [-0.3, -0.25) is 9.59 Å². The van der Waals surface area contributed by atoms with Crippen LogP contribution in [0, 0.1) is 0 Å². The molecule has 0 aromatic carbocycles. The predicted molar refractivity (Wildman–Crippen MR) is 234 cm³/mol. The molecule has 0 saturated heterocycles. The van der Waals surface area contributed by atoms with Crippen LogP contribution in [-0.2, 0) is 28.6 Å². The maximum atomic E-state index is 12.7. The minimum atomic E-state index is -0.884. The monoisotopic (exact) mass is 787 g/mol. The standard InChI is InChI=1S/C48H83NO7/c1-6-8-10-12-14-16-18-20-21-22-23-24-25-26-27-29-30-32-34-36-38-46(50)55-43-44(42-54-41-40-45(48(52)53)49(3,4)5)56-47(51)39-37-35-33-31-28-19-17-15-13-11-9-7-2/h9,11,15-18,20-21,28,31,44-45H,6-8,10,12-14,19,22-27,29-30,32-43H2,1-5H3/p+1/b11-9+,17-15+,18-16+,21-20+,31-28+. The van der Waals surface area contributed by atoms with Crippen LogP contribution in [0.4, 0.5) is 0 Å². The number of carboxylic acid groups (broad SMARTS) is 1. The quantitative estimate of drug-likeness (QED) is 0.0218. The molecule has 56 heavy (non-hydrogen) atoms. The maximum Gasteiger partial charge on any atom is 0.362 e. The molecule has 0 rings (SSSR count). The summed E-state index contributed by atoms with van der Waals surface area (Å²) in [6.45, 7) is 4.55. The van der Waals surface area contributed by atoms with Gasteiger partial charge >= 0.3 is 17.9 Å². The van der Waals surface area contributed by atoms with Gasteiger partial charge in [-0.05, 0) is 70.6 Å². The lowest BCUT2D eigenvalue weighted by atomic mass is 10.1. The van der Waals surface area contributed by atoms with Crippen LogP contribution in [0.2, 0.25) is 0 Å². The van der Waals surface area contributed by atoms with Gasteiger partial charge in [0.2, 0.25) is 0 Å². The summed E-state index contributed by atoms with van der Waals surface area (Å²) >= 11 is 0. The number of carbonyl (C=O) groups is 3. The zero-order valence-corrected chi connectivity index (χ0v) is 36.6. The molecule has 0 heterocycles. The van der Waals surface area contributed by atoms with Gasteiger partial charge in [-0.15, -0.1) is 0 Å².